The highest BCUT2D eigenvalue weighted by molar-refractivity contribution is 7.11. The van der Waals surface area contributed by atoms with Crippen LogP contribution in [0.25, 0.3) is 5.57 Å². The van der Waals surface area contributed by atoms with E-state index in [1.165, 1.54) is 33.0 Å². The fourth-order valence-corrected chi connectivity index (χ4v) is 4.78. The molecule has 0 radical (unpaired) electrons. The number of anilines is 2. The largest absolute Gasteiger partial charge is 0.323 e. The molecule has 4 heterocycles. The van der Waals surface area contributed by atoms with Crippen molar-refractivity contribution < 1.29 is 0 Å². The Morgan fingerprint density at radius 1 is 1.33 bits per heavy atom. The molecule has 140 valence electrons. The minimum Gasteiger partial charge on any atom is -0.323 e. The van der Waals surface area contributed by atoms with Crippen molar-refractivity contribution >= 4 is 28.4 Å². The first kappa shape index (κ1) is 18.0. The molecule has 0 aliphatic carbocycles. The van der Waals surface area contributed by atoms with Crippen molar-refractivity contribution in [1.82, 2.24) is 14.8 Å². The highest BCUT2D eigenvalue weighted by Crippen LogP contribution is 2.40. The van der Waals surface area contributed by atoms with Gasteiger partial charge in [0.25, 0.3) is 0 Å². The molecule has 5 heteroatoms. The Morgan fingerprint density at radius 2 is 2.19 bits per heavy atom. The smallest absolute Gasteiger partial charge is 0.158 e. The molecule has 1 aliphatic heterocycles. The molecule has 4 nitrogen and oxygen atoms in total. The van der Waals surface area contributed by atoms with Crippen molar-refractivity contribution in [2.75, 3.05) is 11.4 Å². The van der Waals surface area contributed by atoms with Gasteiger partial charge >= 0.3 is 0 Å². The zero-order valence-electron chi connectivity index (χ0n) is 16.5. The maximum absolute atomic E-state index is 4.96. The second-order valence-corrected chi connectivity index (χ2v) is 8.09. The Labute approximate surface area is 165 Å². The van der Waals surface area contributed by atoms with Gasteiger partial charge < -0.3 is 4.90 Å². The molecule has 0 N–H and O–H groups in total. The number of nitrogens with zero attached hydrogens (tertiary/aromatic N) is 4. The van der Waals surface area contributed by atoms with Crippen LogP contribution in [0.15, 0.2) is 35.9 Å². The molecule has 0 amide bonds. The topological polar surface area (TPSA) is 34.0 Å². The monoisotopic (exact) mass is 378 g/mol. The number of aryl methyl sites for hydroxylation is 3. The average molecular weight is 379 g/mol. The lowest BCUT2D eigenvalue weighted by atomic mass is 9.98. The van der Waals surface area contributed by atoms with E-state index in [9.17, 15) is 0 Å². The number of hydrogen-bond donors (Lipinski definition) is 0. The molecule has 0 bridgehead atoms. The van der Waals surface area contributed by atoms with Gasteiger partial charge in [0.05, 0.1) is 17.6 Å². The van der Waals surface area contributed by atoms with Crippen LogP contribution in [0.3, 0.4) is 0 Å². The first-order valence-corrected chi connectivity index (χ1v) is 10.5. The zero-order chi connectivity index (χ0) is 19.0. The summed E-state index contributed by atoms with van der Waals surface area (Å²) in [6.45, 7) is 7.39. The van der Waals surface area contributed by atoms with Gasteiger partial charge in [0.2, 0.25) is 0 Å². The van der Waals surface area contributed by atoms with E-state index in [4.69, 9.17) is 5.10 Å². The van der Waals surface area contributed by atoms with Gasteiger partial charge in [-0.2, -0.15) is 5.10 Å². The number of allylic oxidation sites excluding steroid dienone is 1. The molecule has 0 saturated carbocycles. The Balaban J connectivity index is 1.85. The quantitative estimate of drug-likeness (QED) is 0.608. The second kappa shape index (κ2) is 7.31. The van der Waals surface area contributed by atoms with Gasteiger partial charge in [-0.1, -0.05) is 19.1 Å². The van der Waals surface area contributed by atoms with Gasteiger partial charge in [-0.25, -0.2) is 0 Å². The molecule has 1 aliphatic rings. The Morgan fingerprint density at radius 3 is 2.89 bits per heavy atom. The van der Waals surface area contributed by atoms with Crippen LogP contribution in [-0.2, 0) is 13.5 Å². The number of hydrogen-bond acceptors (Lipinski definition) is 4. The van der Waals surface area contributed by atoms with E-state index < -0.39 is 0 Å². The van der Waals surface area contributed by atoms with Gasteiger partial charge in [0, 0.05) is 35.3 Å². The summed E-state index contributed by atoms with van der Waals surface area (Å²) in [4.78, 5) is 8.20. The lowest BCUT2D eigenvalue weighted by Crippen LogP contribution is -2.25. The third kappa shape index (κ3) is 3.21. The molecule has 4 rings (SSSR count). The summed E-state index contributed by atoms with van der Waals surface area (Å²) in [5.74, 6) is 1.09. The van der Waals surface area contributed by atoms with Crippen LogP contribution >= 0.6 is 11.3 Å². The van der Waals surface area contributed by atoms with Crippen LogP contribution in [0.5, 0.6) is 0 Å². The zero-order valence-corrected chi connectivity index (χ0v) is 17.3. The Hall–Kier alpha value is -2.40. The molecule has 3 aromatic heterocycles. The van der Waals surface area contributed by atoms with Crippen LogP contribution in [0.2, 0.25) is 0 Å². The normalized spacial score (nSPS) is 14.5. The van der Waals surface area contributed by atoms with E-state index in [1.54, 1.807) is 11.3 Å². The molecule has 0 spiro atoms. The van der Waals surface area contributed by atoms with Gasteiger partial charge in [0.15, 0.2) is 5.82 Å². The number of aromatic nitrogens is 3. The molecule has 0 fully saturated rings. The van der Waals surface area contributed by atoms with Gasteiger partial charge in [-0.15, -0.1) is 11.3 Å². The van der Waals surface area contributed by atoms with Crippen molar-refractivity contribution in [3.05, 3.63) is 63.2 Å². The number of pyridine rings is 1. The van der Waals surface area contributed by atoms with E-state index in [0.29, 0.717) is 0 Å². The number of fused-ring (bicyclic) bond motifs is 1. The molecule has 0 aromatic carbocycles. The summed E-state index contributed by atoms with van der Waals surface area (Å²) in [5, 5.41) is 7.11. The van der Waals surface area contributed by atoms with Crippen molar-refractivity contribution in [3.63, 3.8) is 0 Å². The molecule has 3 aromatic rings. The van der Waals surface area contributed by atoms with Crippen LogP contribution in [0, 0.1) is 13.8 Å². The standard InChI is InChI=1S/C22H26N4S/c1-5-8-17(20-10-7-12-27-20)21-18-9-6-11-26(22(18)24-25(21)4)19-14-23-16(3)13-15(19)2/h7-8,10,12-14H,5-6,9,11H2,1-4H3. The first-order chi connectivity index (χ1) is 13.1. The fourth-order valence-electron chi connectivity index (χ4n) is 4.01. The Bertz CT molecular complexity index is 982. The maximum atomic E-state index is 4.96. The van der Waals surface area contributed by atoms with E-state index in [0.717, 1.165) is 37.3 Å². The number of thiophene rings is 1. The summed E-state index contributed by atoms with van der Waals surface area (Å²) >= 11 is 1.80. The number of rotatable bonds is 4. The van der Waals surface area contributed by atoms with Crippen molar-refractivity contribution in [2.24, 2.45) is 7.05 Å². The van der Waals surface area contributed by atoms with Gasteiger partial charge in [-0.05, 0) is 56.2 Å². The van der Waals surface area contributed by atoms with E-state index >= 15 is 0 Å². The SMILES string of the molecule is CCC=C(c1cccs1)c1c2c(nn1C)N(c1cnc(C)cc1C)CCC2. The summed E-state index contributed by atoms with van der Waals surface area (Å²) in [7, 11) is 2.07. The van der Waals surface area contributed by atoms with Crippen molar-refractivity contribution in [3.8, 4) is 0 Å². The minimum absolute atomic E-state index is 0.987. The predicted molar refractivity (Wildman–Crippen MR) is 114 cm³/mol. The van der Waals surface area contributed by atoms with Crippen molar-refractivity contribution in [2.45, 2.75) is 40.0 Å². The summed E-state index contributed by atoms with van der Waals surface area (Å²) in [6, 6.07) is 6.49. The van der Waals surface area contributed by atoms with E-state index in [1.807, 2.05) is 13.1 Å². The van der Waals surface area contributed by atoms with Crippen LogP contribution < -0.4 is 4.90 Å². The highest BCUT2D eigenvalue weighted by atomic mass is 32.1. The van der Waals surface area contributed by atoms with Crippen LogP contribution in [0.1, 0.15) is 47.2 Å². The average Bonchev–Trinajstić information content (AvgIpc) is 3.27. The summed E-state index contributed by atoms with van der Waals surface area (Å²) in [6.07, 6.45) is 7.54. The Kier molecular flexibility index (Phi) is 4.87. The van der Waals surface area contributed by atoms with E-state index in [-0.39, 0.29) is 0 Å². The molecular formula is C22H26N4S. The molecule has 0 unspecified atom stereocenters. The van der Waals surface area contributed by atoms with Crippen LogP contribution in [-0.4, -0.2) is 21.3 Å². The maximum Gasteiger partial charge on any atom is 0.158 e. The third-order valence-electron chi connectivity index (χ3n) is 5.15. The minimum atomic E-state index is 0.987. The van der Waals surface area contributed by atoms with Crippen molar-refractivity contribution in [1.29, 1.82) is 0 Å². The summed E-state index contributed by atoms with van der Waals surface area (Å²) < 4.78 is 2.07. The van der Waals surface area contributed by atoms with Gasteiger partial charge in [-0.3, -0.25) is 9.67 Å². The van der Waals surface area contributed by atoms with Crippen LogP contribution in [0.4, 0.5) is 11.5 Å². The highest BCUT2D eigenvalue weighted by Gasteiger charge is 2.28. The summed E-state index contributed by atoms with van der Waals surface area (Å²) in [5.41, 5.74) is 7.41. The molecular weight excluding hydrogens is 352 g/mol. The van der Waals surface area contributed by atoms with E-state index in [2.05, 4.69) is 65.1 Å². The molecule has 0 saturated heterocycles. The molecule has 27 heavy (non-hydrogen) atoms. The third-order valence-corrected chi connectivity index (χ3v) is 6.05. The first-order valence-electron chi connectivity index (χ1n) is 9.61. The lowest BCUT2D eigenvalue weighted by molar-refractivity contribution is 0.738. The second-order valence-electron chi connectivity index (χ2n) is 7.15. The fraction of sp³-hybridized carbons (Fsp3) is 0.364. The predicted octanol–water partition coefficient (Wildman–Crippen LogP) is 5.42. The molecule has 0 atom stereocenters. The lowest BCUT2D eigenvalue weighted by Gasteiger charge is -2.29. The van der Waals surface area contributed by atoms with Gasteiger partial charge in [0.1, 0.15) is 0 Å².